The van der Waals surface area contributed by atoms with Crippen LogP contribution < -0.4 is 15.4 Å². The Kier molecular flexibility index (Phi) is 6.13. The van der Waals surface area contributed by atoms with Crippen LogP contribution in [-0.4, -0.2) is 78.7 Å². The summed E-state index contributed by atoms with van der Waals surface area (Å²) in [5, 5.41) is 1.10. The molecule has 230 valence electrons. The van der Waals surface area contributed by atoms with E-state index < -0.39 is 0 Å². The minimum Gasteiger partial charge on any atom is -0.494 e. The number of rotatable bonds is 8. The van der Waals surface area contributed by atoms with Crippen LogP contribution >= 0.6 is 0 Å². The van der Waals surface area contributed by atoms with E-state index in [0.29, 0.717) is 29.1 Å². The van der Waals surface area contributed by atoms with Gasteiger partial charge in [0.05, 0.1) is 18.3 Å². The molecule has 2 aliphatic heterocycles. The van der Waals surface area contributed by atoms with Crippen LogP contribution in [0.2, 0.25) is 0 Å². The Morgan fingerprint density at radius 1 is 0.933 bits per heavy atom. The molecule has 2 unspecified atom stereocenters. The number of pyridine rings is 1. The zero-order chi connectivity index (χ0) is 30.2. The first-order chi connectivity index (χ1) is 22.1. The predicted octanol–water partition coefficient (Wildman–Crippen LogP) is 3.96. The number of hydrogen-bond donors (Lipinski definition) is 1. The lowest BCUT2D eigenvalue weighted by molar-refractivity contribution is 0.0700. The highest BCUT2D eigenvalue weighted by Gasteiger charge is 2.47. The van der Waals surface area contributed by atoms with E-state index in [2.05, 4.69) is 36.1 Å². The summed E-state index contributed by atoms with van der Waals surface area (Å²) in [5.41, 5.74) is 10.8. The third-order valence-corrected chi connectivity index (χ3v) is 10.4. The van der Waals surface area contributed by atoms with Gasteiger partial charge in [-0.1, -0.05) is 0 Å². The second kappa shape index (κ2) is 10.3. The molecule has 2 aliphatic carbocycles. The molecule has 4 aromatic heterocycles. The summed E-state index contributed by atoms with van der Waals surface area (Å²) in [7, 11) is 1.68. The van der Waals surface area contributed by atoms with Crippen molar-refractivity contribution in [1.82, 2.24) is 34.0 Å². The minimum atomic E-state index is 0.0125. The van der Waals surface area contributed by atoms with Gasteiger partial charge in [0.15, 0.2) is 5.82 Å². The third-order valence-electron chi connectivity index (χ3n) is 10.4. The van der Waals surface area contributed by atoms with Gasteiger partial charge in [-0.2, -0.15) is 0 Å². The van der Waals surface area contributed by atoms with Crippen LogP contribution in [0.15, 0.2) is 55.0 Å². The van der Waals surface area contributed by atoms with Gasteiger partial charge in [-0.15, -0.1) is 0 Å². The molecule has 2 saturated heterocycles. The molecule has 6 heterocycles. The highest BCUT2D eigenvalue weighted by molar-refractivity contribution is 6.00. The number of anilines is 1. The highest BCUT2D eigenvalue weighted by Crippen LogP contribution is 2.41. The van der Waals surface area contributed by atoms with Gasteiger partial charge in [0, 0.05) is 80.3 Å². The fourth-order valence-electron chi connectivity index (χ4n) is 7.91. The van der Waals surface area contributed by atoms with Crippen molar-refractivity contribution in [2.24, 2.45) is 23.5 Å². The Morgan fingerprint density at radius 2 is 1.73 bits per heavy atom. The van der Waals surface area contributed by atoms with Crippen molar-refractivity contribution in [2.75, 3.05) is 31.6 Å². The molecule has 9 rings (SSSR count). The first-order valence-electron chi connectivity index (χ1n) is 16.2. The minimum absolute atomic E-state index is 0.0125. The molecular weight excluding hydrogens is 566 g/mol. The zero-order valence-corrected chi connectivity index (χ0v) is 25.4. The standard InChI is InChI=1S/C34H37N9O2/c1-45-28-14-24(33(44)42-19-23-7-8-26(42)29(23)35)12-25-30(28)43(18-21-15-40(16-21)34-37-10-3-11-38-34)32(39-25)27-13-22-4-2-9-36-31(22)41(27)17-20-5-6-20/h2-4,9-14,20-21,23,26,29H,5-8,15-19,35H2,1H3/t23?,26?,29-/m1/s1. The lowest BCUT2D eigenvalue weighted by Crippen LogP contribution is -2.49. The molecule has 2 saturated carbocycles. The number of amides is 1. The lowest BCUT2D eigenvalue weighted by Gasteiger charge is -2.39. The monoisotopic (exact) mass is 603 g/mol. The maximum absolute atomic E-state index is 13.9. The van der Waals surface area contributed by atoms with Gasteiger partial charge in [0.2, 0.25) is 5.95 Å². The number of nitrogens with zero attached hydrogens (tertiary/aromatic N) is 8. The van der Waals surface area contributed by atoms with Gasteiger partial charge in [0.1, 0.15) is 16.9 Å². The summed E-state index contributed by atoms with van der Waals surface area (Å²) < 4.78 is 10.7. The average molecular weight is 604 g/mol. The second-order valence-electron chi connectivity index (χ2n) is 13.4. The summed E-state index contributed by atoms with van der Waals surface area (Å²) in [5.74, 6) is 3.73. The van der Waals surface area contributed by atoms with Gasteiger partial charge >= 0.3 is 0 Å². The molecular formula is C34H37N9O2. The number of methoxy groups -OCH3 is 1. The van der Waals surface area contributed by atoms with Gasteiger partial charge in [-0.05, 0) is 73.9 Å². The number of nitrogens with two attached hydrogens (primary N) is 1. The number of likely N-dealkylation sites (tertiary alicyclic amines) is 1. The highest BCUT2D eigenvalue weighted by atomic mass is 16.5. The van der Waals surface area contributed by atoms with Gasteiger partial charge < -0.3 is 29.4 Å². The molecule has 11 nitrogen and oxygen atoms in total. The SMILES string of the molecule is COc1cc(C(=O)N2CC3CCC2[C@@H]3N)cc2nc(-c3cc4cccnc4n3CC3CC3)n(CC3CN(c4ncccn4)C3)c12. The number of benzene rings is 1. The van der Waals surface area contributed by atoms with Crippen LogP contribution in [0.1, 0.15) is 36.0 Å². The number of hydrogen-bond acceptors (Lipinski definition) is 8. The smallest absolute Gasteiger partial charge is 0.254 e. The van der Waals surface area contributed by atoms with E-state index in [0.717, 1.165) is 85.1 Å². The maximum atomic E-state index is 13.9. The van der Waals surface area contributed by atoms with Crippen molar-refractivity contribution in [3.8, 4) is 17.3 Å². The van der Waals surface area contributed by atoms with Gasteiger partial charge in [-0.3, -0.25) is 4.79 Å². The summed E-state index contributed by atoms with van der Waals surface area (Å²) in [6.45, 7) is 4.10. The van der Waals surface area contributed by atoms with Gasteiger partial charge in [0.25, 0.3) is 5.91 Å². The number of imidazole rings is 1. The van der Waals surface area contributed by atoms with E-state index >= 15 is 0 Å². The van der Waals surface area contributed by atoms with Crippen molar-refractivity contribution >= 4 is 33.9 Å². The molecule has 45 heavy (non-hydrogen) atoms. The summed E-state index contributed by atoms with van der Waals surface area (Å²) in [4.78, 5) is 37.1. The van der Waals surface area contributed by atoms with E-state index in [1.165, 1.54) is 12.8 Å². The first-order valence-corrected chi connectivity index (χ1v) is 16.2. The van der Waals surface area contributed by atoms with Crippen molar-refractivity contribution < 1.29 is 9.53 Å². The van der Waals surface area contributed by atoms with Crippen LogP contribution in [0, 0.1) is 17.8 Å². The Morgan fingerprint density at radius 3 is 2.47 bits per heavy atom. The average Bonchev–Trinajstić information content (AvgIpc) is 3.41. The maximum Gasteiger partial charge on any atom is 0.254 e. The quantitative estimate of drug-likeness (QED) is 0.283. The summed E-state index contributed by atoms with van der Waals surface area (Å²) >= 11 is 0. The predicted molar refractivity (Wildman–Crippen MR) is 171 cm³/mol. The second-order valence-corrected chi connectivity index (χ2v) is 13.4. The number of carbonyl (C=O) groups excluding carboxylic acids is 1. The first kappa shape index (κ1) is 26.9. The molecule has 0 spiro atoms. The zero-order valence-electron chi connectivity index (χ0n) is 25.4. The Bertz CT molecular complexity index is 1920. The molecule has 4 fully saturated rings. The fraction of sp³-hybridized carbons (Fsp3) is 0.441. The van der Waals surface area contributed by atoms with Crippen LogP contribution in [-0.2, 0) is 13.1 Å². The molecule has 2 bridgehead atoms. The number of carbonyl (C=O) groups is 1. The van der Waals surface area contributed by atoms with Crippen molar-refractivity contribution in [1.29, 1.82) is 0 Å². The Balaban J connectivity index is 1.15. The normalized spacial score (nSPS) is 22.9. The fourth-order valence-corrected chi connectivity index (χ4v) is 7.91. The van der Waals surface area contributed by atoms with E-state index in [4.69, 9.17) is 20.4 Å². The van der Waals surface area contributed by atoms with E-state index in [9.17, 15) is 4.79 Å². The molecule has 3 atom stereocenters. The van der Waals surface area contributed by atoms with E-state index in [-0.39, 0.29) is 18.0 Å². The molecule has 1 amide bonds. The van der Waals surface area contributed by atoms with Crippen LogP contribution in [0.25, 0.3) is 33.6 Å². The molecule has 2 N–H and O–H groups in total. The number of ether oxygens (including phenoxy) is 1. The Hall–Kier alpha value is -4.51. The van der Waals surface area contributed by atoms with Crippen molar-refractivity contribution in [3.63, 3.8) is 0 Å². The Labute approximate surface area is 261 Å². The summed E-state index contributed by atoms with van der Waals surface area (Å²) in [6, 6.07) is 12.2. The van der Waals surface area contributed by atoms with Crippen LogP contribution in [0.4, 0.5) is 5.95 Å². The van der Waals surface area contributed by atoms with Gasteiger partial charge in [-0.25, -0.2) is 19.9 Å². The van der Waals surface area contributed by atoms with Crippen LogP contribution in [0.3, 0.4) is 0 Å². The van der Waals surface area contributed by atoms with E-state index in [1.807, 2.05) is 35.4 Å². The molecule has 11 heteroatoms. The number of aromatic nitrogens is 6. The lowest BCUT2D eigenvalue weighted by atomic mass is 10.0. The topological polar surface area (TPSA) is 120 Å². The van der Waals surface area contributed by atoms with Crippen molar-refractivity contribution in [2.45, 2.75) is 50.9 Å². The molecule has 4 aliphatic rings. The number of piperidine rings is 1. The largest absolute Gasteiger partial charge is 0.494 e. The molecule has 0 radical (unpaired) electrons. The van der Waals surface area contributed by atoms with E-state index in [1.54, 1.807) is 19.5 Å². The number of fused-ring (bicyclic) bond motifs is 4. The molecule has 1 aromatic carbocycles. The van der Waals surface area contributed by atoms with Crippen molar-refractivity contribution in [3.05, 3.63) is 60.6 Å². The molecule has 5 aromatic rings. The van der Waals surface area contributed by atoms with Crippen LogP contribution in [0.5, 0.6) is 5.75 Å². The third kappa shape index (κ3) is 4.39. The summed E-state index contributed by atoms with van der Waals surface area (Å²) in [6.07, 6.45) is 9.99.